The Bertz CT molecular complexity index is 1350. The second kappa shape index (κ2) is 17.9. The molecular weight excluding hydrogens is 573 g/mol. The van der Waals surface area contributed by atoms with Crippen LogP contribution in [0.25, 0.3) is 11.1 Å². The molecule has 1 aliphatic carbocycles. The number of hydrogen-bond donors (Lipinski definition) is 2. The van der Waals surface area contributed by atoms with Gasteiger partial charge in [-0.3, -0.25) is 4.79 Å². The molecule has 4 rings (SSSR count). The third kappa shape index (κ3) is 10.2. The summed E-state index contributed by atoms with van der Waals surface area (Å²) in [6, 6.07) is 20.4. The molecule has 1 fully saturated rings. The van der Waals surface area contributed by atoms with Gasteiger partial charge in [0.2, 0.25) is 0 Å². The molecule has 2 atom stereocenters. The molecule has 8 heteroatoms. The van der Waals surface area contributed by atoms with Crippen LogP contribution in [-0.2, 0) is 9.53 Å². The summed E-state index contributed by atoms with van der Waals surface area (Å²) in [7, 11) is 0. The first-order valence-corrected chi connectivity index (χ1v) is 16.7. The van der Waals surface area contributed by atoms with E-state index in [1.807, 2.05) is 73.8 Å². The minimum absolute atomic E-state index is 0. The fourth-order valence-electron chi connectivity index (χ4n) is 5.85. The molecule has 225 valence electrons. The van der Waals surface area contributed by atoms with Gasteiger partial charge in [0.05, 0.1) is 0 Å². The number of ether oxygens (including phenoxy) is 1. The minimum atomic E-state index is -1.03. The van der Waals surface area contributed by atoms with E-state index in [9.17, 15) is 14.7 Å². The third-order valence-electron chi connectivity index (χ3n) is 8.16. The molecule has 3 aromatic carbocycles. The van der Waals surface area contributed by atoms with E-state index in [1.54, 1.807) is 17.8 Å². The number of carbonyl (C=O) groups excluding carboxylic acids is 1. The Morgan fingerprint density at radius 1 is 1.00 bits per heavy atom. The zero-order valence-corrected chi connectivity index (χ0v) is 27.2. The van der Waals surface area contributed by atoms with E-state index in [0.29, 0.717) is 29.4 Å². The van der Waals surface area contributed by atoms with Gasteiger partial charge in [0.1, 0.15) is 12.1 Å². The van der Waals surface area contributed by atoms with E-state index in [4.69, 9.17) is 16.3 Å². The third-order valence-corrected chi connectivity index (χ3v) is 9.04. The van der Waals surface area contributed by atoms with Crippen LogP contribution in [0, 0.1) is 12.8 Å². The van der Waals surface area contributed by atoms with Crippen LogP contribution < -0.4 is 5.32 Å². The number of carboxylic acids is 1. The van der Waals surface area contributed by atoms with Crippen LogP contribution in [0.15, 0.2) is 66.7 Å². The molecule has 3 aromatic rings. The van der Waals surface area contributed by atoms with Gasteiger partial charge in [0.25, 0.3) is 5.91 Å². The molecule has 0 heterocycles. The quantitative estimate of drug-likeness (QED) is 0.141. The number of carboxylic acid groups (broad SMARTS) is 1. The van der Waals surface area contributed by atoms with Crippen LogP contribution in [-0.4, -0.2) is 60.5 Å². The van der Waals surface area contributed by atoms with E-state index in [2.05, 4.69) is 5.32 Å². The second-order valence-electron chi connectivity index (χ2n) is 11.2. The van der Waals surface area contributed by atoms with E-state index in [0.717, 1.165) is 40.2 Å². The number of nitrogens with one attached hydrogen (secondary N) is 1. The van der Waals surface area contributed by atoms with Crippen molar-refractivity contribution in [3.05, 3.63) is 94.0 Å². The summed E-state index contributed by atoms with van der Waals surface area (Å²) in [5, 5.41) is 13.1. The fraction of sp³-hybridized carbons (Fsp3) is 0.429. The Labute approximate surface area is 277 Å². The number of hydrogen-bond acceptors (Lipinski definition) is 4. The van der Waals surface area contributed by atoms with Gasteiger partial charge in [-0.25, -0.2) is 4.79 Å². The average molecular weight is 615 g/mol. The summed E-state index contributed by atoms with van der Waals surface area (Å²) in [6.07, 6.45) is 10.8. The Kier molecular flexibility index (Phi) is 14.7. The number of carbonyl (C=O) groups is 2. The van der Waals surface area contributed by atoms with Crippen molar-refractivity contribution in [2.45, 2.75) is 70.4 Å². The van der Waals surface area contributed by atoms with Gasteiger partial charge < -0.3 is 15.2 Å². The number of thioether (sulfide) groups is 1. The number of rotatable bonds is 14. The molecular formula is C35H42ClLiNO4S. The number of halogens is 1. The van der Waals surface area contributed by atoms with E-state index < -0.39 is 17.9 Å². The second-order valence-corrected chi connectivity index (χ2v) is 12.6. The first kappa shape index (κ1) is 35.3. The van der Waals surface area contributed by atoms with Crippen LogP contribution in [0.2, 0.25) is 5.02 Å². The summed E-state index contributed by atoms with van der Waals surface area (Å²) in [5.74, 6) is -0.00153. The van der Waals surface area contributed by atoms with Crippen molar-refractivity contribution >= 4 is 54.1 Å². The van der Waals surface area contributed by atoms with E-state index in [1.165, 1.54) is 38.5 Å². The molecule has 1 amide bonds. The van der Waals surface area contributed by atoms with Crippen molar-refractivity contribution in [3.8, 4) is 11.1 Å². The van der Waals surface area contributed by atoms with Crippen molar-refractivity contribution in [2.75, 3.05) is 18.6 Å². The maximum Gasteiger partial charge on any atom is 0.326 e. The maximum absolute atomic E-state index is 13.6. The van der Waals surface area contributed by atoms with Crippen molar-refractivity contribution < 1.29 is 19.4 Å². The Morgan fingerprint density at radius 2 is 1.74 bits per heavy atom. The Hall–Kier alpha value is -2.20. The van der Waals surface area contributed by atoms with Crippen molar-refractivity contribution in [3.63, 3.8) is 0 Å². The summed E-state index contributed by atoms with van der Waals surface area (Å²) in [4.78, 5) is 25.4. The SMILES string of the molecule is CSCC[C@H](NC(=O)c1ccc(C(OCCCC2CCCCC2)c2cccc(Cl)c2)cc1-c1ccccc1C)C(=O)O.[Li]. The summed E-state index contributed by atoms with van der Waals surface area (Å²) < 4.78 is 6.58. The number of aliphatic carboxylic acids is 1. The standard InChI is InChI=1S/C35H42ClNO4S.Li/c1-24-10-6-7-16-29(24)31-23-27(17-18-30(31)34(38)37-32(35(39)40)19-21-42-2)33(26-14-8-15-28(36)22-26)41-20-9-13-25-11-4-3-5-12-25;/h6-8,10,14-18,22-23,25,32-33H,3-5,9,11-13,19-21H2,1-2H3,(H,37,38)(H,39,40);/t32-,33?;/m0./s1. The molecule has 1 radical (unpaired) electrons. The molecule has 1 unspecified atom stereocenters. The molecule has 0 aromatic heterocycles. The molecule has 0 aliphatic heterocycles. The van der Waals surface area contributed by atoms with Crippen LogP contribution >= 0.6 is 23.4 Å². The first-order valence-electron chi connectivity index (χ1n) is 15.0. The van der Waals surface area contributed by atoms with Gasteiger partial charge in [-0.15, -0.1) is 0 Å². The molecule has 0 saturated heterocycles. The van der Waals surface area contributed by atoms with Crippen LogP contribution in [0.5, 0.6) is 0 Å². The molecule has 43 heavy (non-hydrogen) atoms. The van der Waals surface area contributed by atoms with Crippen LogP contribution in [0.1, 0.15) is 84.5 Å². The van der Waals surface area contributed by atoms with Crippen molar-refractivity contribution in [1.29, 1.82) is 0 Å². The molecule has 5 nitrogen and oxygen atoms in total. The normalized spacial score (nSPS) is 14.9. The minimum Gasteiger partial charge on any atom is -0.480 e. The maximum atomic E-state index is 13.6. The van der Waals surface area contributed by atoms with Gasteiger partial charge in [-0.05, 0) is 96.2 Å². The number of amides is 1. The summed E-state index contributed by atoms with van der Waals surface area (Å²) >= 11 is 7.96. The van der Waals surface area contributed by atoms with Gasteiger partial charge >= 0.3 is 5.97 Å². The molecule has 1 aliphatic rings. The molecule has 1 saturated carbocycles. The van der Waals surface area contributed by atoms with Gasteiger partial charge in [0.15, 0.2) is 0 Å². The first-order chi connectivity index (χ1) is 20.4. The van der Waals surface area contributed by atoms with E-state index in [-0.39, 0.29) is 25.0 Å². The predicted molar refractivity (Wildman–Crippen MR) is 179 cm³/mol. The predicted octanol–water partition coefficient (Wildman–Crippen LogP) is 8.34. The average Bonchev–Trinajstić information content (AvgIpc) is 2.99. The van der Waals surface area contributed by atoms with Gasteiger partial charge in [-0.1, -0.05) is 86.2 Å². The Morgan fingerprint density at radius 3 is 2.44 bits per heavy atom. The number of benzene rings is 3. The molecule has 2 N–H and O–H groups in total. The Balaban J connectivity index is 0.00000506. The molecule has 0 bridgehead atoms. The fourth-order valence-corrected chi connectivity index (χ4v) is 6.52. The molecule has 0 spiro atoms. The smallest absolute Gasteiger partial charge is 0.326 e. The van der Waals surface area contributed by atoms with Crippen LogP contribution in [0.3, 0.4) is 0 Å². The summed E-state index contributed by atoms with van der Waals surface area (Å²) in [5.41, 5.74) is 5.00. The van der Waals surface area contributed by atoms with Crippen LogP contribution in [0.4, 0.5) is 0 Å². The summed E-state index contributed by atoms with van der Waals surface area (Å²) in [6.45, 7) is 2.64. The van der Waals surface area contributed by atoms with Gasteiger partial charge in [0, 0.05) is 36.1 Å². The monoisotopic (exact) mass is 614 g/mol. The largest absolute Gasteiger partial charge is 0.480 e. The zero-order valence-electron chi connectivity index (χ0n) is 25.6. The topological polar surface area (TPSA) is 75.6 Å². The van der Waals surface area contributed by atoms with Gasteiger partial charge in [-0.2, -0.15) is 11.8 Å². The van der Waals surface area contributed by atoms with Crippen molar-refractivity contribution in [1.82, 2.24) is 5.32 Å². The zero-order chi connectivity index (χ0) is 29.9. The van der Waals surface area contributed by atoms with E-state index >= 15 is 0 Å². The van der Waals surface area contributed by atoms with Crippen molar-refractivity contribution in [2.24, 2.45) is 5.92 Å². The number of aryl methyl sites for hydroxylation is 1.